The Labute approximate surface area is 112 Å². The van der Waals surface area contributed by atoms with Gasteiger partial charge in [-0.15, -0.1) is 0 Å². The second-order valence-corrected chi connectivity index (χ2v) is 4.25. The number of nitrogens with zero attached hydrogens (tertiary/aromatic N) is 1. The van der Waals surface area contributed by atoms with Gasteiger partial charge in [0.1, 0.15) is 11.6 Å². The smallest absolute Gasteiger partial charge is 0.123 e. The average Bonchev–Trinajstić information content (AvgIpc) is 2.45. The van der Waals surface area contributed by atoms with Crippen LogP contribution in [0.3, 0.4) is 0 Å². The number of ether oxygens (including phenoxy) is 1. The lowest BCUT2D eigenvalue weighted by molar-refractivity contribution is 0.409. The van der Waals surface area contributed by atoms with Gasteiger partial charge in [-0.2, -0.15) is 5.26 Å². The Morgan fingerprint density at radius 3 is 2.68 bits per heavy atom. The summed E-state index contributed by atoms with van der Waals surface area (Å²) in [6.45, 7) is 0. The molecule has 0 N–H and O–H groups in total. The van der Waals surface area contributed by atoms with Gasteiger partial charge in [-0.1, -0.05) is 30.3 Å². The standard InChI is InChI=1S/C16H14FNO/c1-19-16-8-3-2-5-13(16)9-14(11-18)12-6-4-7-15(17)10-12/h2-8,10,14H,9H2,1H3. The van der Waals surface area contributed by atoms with Crippen molar-refractivity contribution in [3.63, 3.8) is 0 Å². The third kappa shape index (κ3) is 3.11. The first-order chi connectivity index (χ1) is 9.24. The highest BCUT2D eigenvalue weighted by Gasteiger charge is 2.14. The predicted octanol–water partition coefficient (Wildman–Crippen LogP) is 3.68. The lowest BCUT2D eigenvalue weighted by atomic mass is 9.93. The molecule has 96 valence electrons. The second-order valence-electron chi connectivity index (χ2n) is 4.25. The topological polar surface area (TPSA) is 33.0 Å². The molecule has 19 heavy (non-hydrogen) atoms. The molecule has 0 aliphatic rings. The van der Waals surface area contributed by atoms with Crippen LogP contribution in [-0.4, -0.2) is 7.11 Å². The van der Waals surface area contributed by atoms with Crippen LogP contribution in [0.2, 0.25) is 0 Å². The van der Waals surface area contributed by atoms with Gasteiger partial charge in [-0.3, -0.25) is 0 Å². The van der Waals surface area contributed by atoms with Crippen LogP contribution in [0.1, 0.15) is 17.0 Å². The van der Waals surface area contributed by atoms with E-state index in [0.717, 1.165) is 11.3 Å². The van der Waals surface area contributed by atoms with Crippen molar-refractivity contribution in [3.05, 3.63) is 65.5 Å². The predicted molar refractivity (Wildman–Crippen MR) is 71.5 cm³/mol. The number of methoxy groups -OCH3 is 1. The maximum absolute atomic E-state index is 13.2. The Bertz CT molecular complexity index is 604. The van der Waals surface area contributed by atoms with Crippen LogP contribution >= 0.6 is 0 Å². The van der Waals surface area contributed by atoms with Crippen molar-refractivity contribution < 1.29 is 9.13 Å². The van der Waals surface area contributed by atoms with Crippen LogP contribution in [0.5, 0.6) is 5.75 Å². The van der Waals surface area contributed by atoms with Crippen molar-refractivity contribution in [1.29, 1.82) is 5.26 Å². The van der Waals surface area contributed by atoms with E-state index in [1.54, 1.807) is 19.2 Å². The van der Waals surface area contributed by atoms with E-state index in [1.165, 1.54) is 12.1 Å². The van der Waals surface area contributed by atoms with E-state index in [-0.39, 0.29) is 11.7 Å². The highest BCUT2D eigenvalue weighted by Crippen LogP contribution is 2.26. The summed E-state index contributed by atoms with van der Waals surface area (Å²) in [6, 6.07) is 16.0. The summed E-state index contributed by atoms with van der Waals surface area (Å²) in [4.78, 5) is 0. The van der Waals surface area contributed by atoms with E-state index in [9.17, 15) is 9.65 Å². The Kier molecular flexibility index (Phi) is 4.15. The molecule has 2 nitrogen and oxygen atoms in total. The van der Waals surface area contributed by atoms with Crippen LogP contribution < -0.4 is 4.74 Å². The molecule has 0 fully saturated rings. The van der Waals surface area contributed by atoms with Gasteiger partial charge in [0.05, 0.1) is 19.1 Å². The maximum atomic E-state index is 13.2. The van der Waals surface area contributed by atoms with Gasteiger partial charge >= 0.3 is 0 Å². The minimum Gasteiger partial charge on any atom is -0.496 e. The van der Waals surface area contributed by atoms with Gasteiger partial charge < -0.3 is 4.74 Å². The number of hydrogen-bond acceptors (Lipinski definition) is 2. The Morgan fingerprint density at radius 2 is 2.00 bits per heavy atom. The Balaban J connectivity index is 2.27. The molecule has 0 radical (unpaired) electrons. The molecule has 1 atom stereocenters. The molecule has 2 rings (SSSR count). The summed E-state index contributed by atoms with van der Waals surface area (Å²) in [5.74, 6) is 0.0453. The molecule has 0 aliphatic heterocycles. The normalized spacial score (nSPS) is 11.6. The molecule has 0 saturated carbocycles. The molecule has 0 aliphatic carbocycles. The quantitative estimate of drug-likeness (QED) is 0.834. The molecule has 0 heterocycles. The zero-order chi connectivity index (χ0) is 13.7. The van der Waals surface area contributed by atoms with Crippen molar-refractivity contribution in [2.75, 3.05) is 7.11 Å². The van der Waals surface area contributed by atoms with Gasteiger partial charge in [-0.05, 0) is 35.7 Å². The van der Waals surface area contributed by atoms with Gasteiger partial charge in [0.25, 0.3) is 0 Å². The minimum atomic E-state index is -0.382. The van der Waals surface area contributed by atoms with Crippen molar-refractivity contribution in [1.82, 2.24) is 0 Å². The first-order valence-electron chi connectivity index (χ1n) is 6.01. The van der Waals surface area contributed by atoms with Crippen molar-refractivity contribution >= 4 is 0 Å². The molecule has 1 unspecified atom stereocenters. The largest absolute Gasteiger partial charge is 0.496 e. The molecular formula is C16H14FNO. The van der Waals surface area contributed by atoms with E-state index in [4.69, 9.17) is 4.74 Å². The van der Waals surface area contributed by atoms with Gasteiger partial charge in [0.15, 0.2) is 0 Å². The molecule has 0 spiro atoms. The van der Waals surface area contributed by atoms with Crippen molar-refractivity contribution in [3.8, 4) is 11.8 Å². The summed E-state index contributed by atoms with van der Waals surface area (Å²) in [5, 5.41) is 9.28. The summed E-state index contributed by atoms with van der Waals surface area (Å²) in [6.07, 6.45) is 0.504. The second kappa shape index (κ2) is 6.01. The van der Waals surface area contributed by atoms with E-state index >= 15 is 0 Å². The summed E-state index contributed by atoms with van der Waals surface area (Å²) in [7, 11) is 1.60. The fourth-order valence-corrected chi connectivity index (χ4v) is 2.05. The Morgan fingerprint density at radius 1 is 1.21 bits per heavy atom. The summed E-state index contributed by atoms with van der Waals surface area (Å²) >= 11 is 0. The van der Waals surface area contributed by atoms with E-state index in [0.29, 0.717) is 12.0 Å². The molecule has 2 aromatic carbocycles. The van der Waals surface area contributed by atoms with Gasteiger partial charge in [-0.25, -0.2) is 4.39 Å². The monoisotopic (exact) mass is 255 g/mol. The highest BCUT2D eigenvalue weighted by atomic mass is 19.1. The van der Waals surface area contributed by atoms with E-state index < -0.39 is 0 Å². The summed E-state index contributed by atoms with van der Waals surface area (Å²) in [5.41, 5.74) is 1.63. The number of hydrogen-bond donors (Lipinski definition) is 0. The third-order valence-corrected chi connectivity index (χ3v) is 3.02. The van der Waals surface area contributed by atoms with Crippen LogP contribution in [0.25, 0.3) is 0 Å². The fraction of sp³-hybridized carbons (Fsp3) is 0.188. The average molecular weight is 255 g/mol. The Hall–Kier alpha value is -2.34. The number of para-hydroxylation sites is 1. The van der Waals surface area contributed by atoms with Gasteiger partial charge in [0, 0.05) is 0 Å². The number of halogens is 1. The fourth-order valence-electron chi connectivity index (χ4n) is 2.05. The number of nitriles is 1. The molecular weight excluding hydrogens is 241 g/mol. The molecule has 0 amide bonds. The zero-order valence-electron chi connectivity index (χ0n) is 10.6. The molecule has 0 bridgehead atoms. The molecule has 0 aromatic heterocycles. The van der Waals surface area contributed by atoms with E-state index in [2.05, 4.69) is 6.07 Å². The lowest BCUT2D eigenvalue weighted by Gasteiger charge is -2.12. The lowest BCUT2D eigenvalue weighted by Crippen LogP contribution is -2.02. The maximum Gasteiger partial charge on any atom is 0.123 e. The van der Waals surface area contributed by atoms with Crippen LogP contribution in [0, 0.1) is 17.1 Å². The summed E-state index contributed by atoms with van der Waals surface area (Å²) < 4.78 is 18.5. The van der Waals surface area contributed by atoms with Crippen molar-refractivity contribution in [2.24, 2.45) is 0 Å². The SMILES string of the molecule is COc1ccccc1CC(C#N)c1cccc(F)c1. The molecule has 2 aromatic rings. The minimum absolute atomic E-state index is 0.322. The van der Waals surface area contributed by atoms with E-state index in [1.807, 2.05) is 24.3 Å². The zero-order valence-corrected chi connectivity index (χ0v) is 10.6. The molecule has 3 heteroatoms. The first-order valence-corrected chi connectivity index (χ1v) is 6.01. The van der Waals surface area contributed by atoms with Crippen LogP contribution in [-0.2, 0) is 6.42 Å². The third-order valence-electron chi connectivity index (χ3n) is 3.02. The first kappa shape index (κ1) is 13.1. The van der Waals surface area contributed by atoms with Crippen LogP contribution in [0.4, 0.5) is 4.39 Å². The van der Waals surface area contributed by atoms with Crippen LogP contribution in [0.15, 0.2) is 48.5 Å². The highest BCUT2D eigenvalue weighted by molar-refractivity contribution is 5.37. The number of benzene rings is 2. The van der Waals surface area contributed by atoms with Gasteiger partial charge in [0.2, 0.25) is 0 Å². The van der Waals surface area contributed by atoms with Crippen molar-refractivity contribution in [2.45, 2.75) is 12.3 Å². The molecule has 0 saturated heterocycles. The number of rotatable bonds is 4.